The number of sulfonamides is 1. The van der Waals surface area contributed by atoms with Crippen molar-refractivity contribution < 1.29 is 22.1 Å². The molecule has 0 fully saturated rings. The quantitative estimate of drug-likeness (QED) is 0.443. The predicted octanol–water partition coefficient (Wildman–Crippen LogP) is 3.86. The monoisotopic (exact) mass is 484 g/mol. The van der Waals surface area contributed by atoms with E-state index in [1.54, 1.807) is 28.5 Å². The minimum absolute atomic E-state index is 0.0423. The van der Waals surface area contributed by atoms with Gasteiger partial charge < -0.3 is 9.42 Å². The fourth-order valence-corrected chi connectivity index (χ4v) is 5.45. The van der Waals surface area contributed by atoms with Gasteiger partial charge in [0.15, 0.2) is 10.9 Å². The van der Waals surface area contributed by atoms with Gasteiger partial charge in [-0.25, -0.2) is 17.8 Å². The summed E-state index contributed by atoms with van der Waals surface area (Å²) in [5.74, 6) is -0.0573. The molecule has 1 aliphatic heterocycles. The molecule has 1 N–H and O–H groups in total. The smallest absolute Gasteiger partial charge is 0.263 e. The van der Waals surface area contributed by atoms with Crippen LogP contribution in [0.15, 0.2) is 69.5 Å². The number of nitrogens with zero attached hydrogens (tertiary/aromatic N) is 3. The number of benzene rings is 2. The predicted molar refractivity (Wildman–Crippen MR) is 120 cm³/mol. The summed E-state index contributed by atoms with van der Waals surface area (Å²) < 4.78 is 46.4. The van der Waals surface area contributed by atoms with E-state index in [1.165, 1.54) is 47.9 Å². The Kier molecular flexibility index (Phi) is 5.43. The summed E-state index contributed by atoms with van der Waals surface area (Å²) >= 11 is 1.17. The molecule has 0 unspecified atom stereocenters. The van der Waals surface area contributed by atoms with Crippen LogP contribution in [0, 0.1) is 5.82 Å². The third-order valence-corrected chi connectivity index (χ3v) is 7.35. The van der Waals surface area contributed by atoms with Crippen LogP contribution in [-0.4, -0.2) is 30.9 Å². The molecule has 1 aliphatic rings. The van der Waals surface area contributed by atoms with Crippen LogP contribution in [0.2, 0.25) is 0 Å². The molecule has 4 aromatic rings. The van der Waals surface area contributed by atoms with Crippen molar-refractivity contribution in [3.63, 3.8) is 0 Å². The van der Waals surface area contributed by atoms with Crippen molar-refractivity contribution in [1.29, 1.82) is 0 Å². The van der Waals surface area contributed by atoms with E-state index < -0.39 is 10.0 Å². The normalized spacial score (nSPS) is 13.7. The van der Waals surface area contributed by atoms with Crippen LogP contribution in [0.4, 0.5) is 15.4 Å². The summed E-state index contributed by atoms with van der Waals surface area (Å²) in [6, 6.07) is 12.3. The van der Waals surface area contributed by atoms with Gasteiger partial charge >= 0.3 is 0 Å². The number of nitrogens with one attached hydrogen (secondary N) is 1. The molecule has 2 aromatic heterocycles. The summed E-state index contributed by atoms with van der Waals surface area (Å²) in [7, 11) is -3.84. The first-order chi connectivity index (χ1) is 15.9. The lowest BCUT2D eigenvalue weighted by Crippen LogP contribution is -2.35. The number of aromatic nitrogens is 2. The van der Waals surface area contributed by atoms with Crippen molar-refractivity contribution in [2.24, 2.45) is 0 Å². The number of halogens is 1. The highest BCUT2D eigenvalue weighted by Gasteiger charge is 2.28. The van der Waals surface area contributed by atoms with Crippen LogP contribution in [0.1, 0.15) is 27.2 Å². The fraction of sp³-hybridized carbons (Fsp3) is 0.136. The van der Waals surface area contributed by atoms with Gasteiger partial charge in [0.05, 0.1) is 17.1 Å². The lowest BCUT2D eigenvalue weighted by molar-refractivity contribution is 0.0990. The lowest BCUT2D eigenvalue weighted by Gasteiger charge is -2.27. The van der Waals surface area contributed by atoms with E-state index in [9.17, 15) is 17.6 Å². The maximum absolute atomic E-state index is 13.1. The number of hydrogen-bond donors (Lipinski definition) is 1. The SMILES string of the molecule is O=C1CN(c2cc(Cc3ccc(F)cc3)no2)Cc2cc(S(=O)(=O)Nc3nccs3)ccc21. The average molecular weight is 485 g/mol. The molecular weight excluding hydrogens is 467 g/mol. The topological polar surface area (TPSA) is 105 Å². The lowest BCUT2D eigenvalue weighted by atomic mass is 9.99. The minimum Gasteiger partial charge on any atom is -0.338 e. The van der Waals surface area contributed by atoms with E-state index >= 15 is 0 Å². The van der Waals surface area contributed by atoms with Crippen LogP contribution >= 0.6 is 11.3 Å². The van der Waals surface area contributed by atoms with E-state index in [2.05, 4.69) is 14.9 Å². The van der Waals surface area contributed by atoms with E-state index in [-0.39, 0.29) is 34.7 Å². The number of carbonyl (C=O) groups is 1. The molecule has 0 amide bonds. The molecule has 33 heavy (non-hydrogen) atoms. The van der Waals surface area contributed by atoms with Crippen LogP contribution in [0.3, 0.4) is 0 Å². The number of carbonyl (C=O) groups excluding carboxylic acids is 1. The molecule has 0 spiro atoms. The number of anilines is 2. The van der Waals surface area contributed by atoms with Gasteiger partial charge in [-0.05, 0) is 41.5 Å². The van der Waals surface area contributed by atoms with Crippen molar-refractivity contribution >= 4 is 38.2 Å². The fourth-order valence-electron chi connectivity index (χ4n) is 3.61. The maximum atomic E-state index is 13.1. The average Bonchev–Trinajstić information content (AvgIpc) is 3.47. The number of thiazole rings is 1. The van der Waals surface area contributed by atoms with Crippen LogP contribution in [0.25, 0.3) is 0 Å². The first-order valence-corrected chi connectivity index (χ1v) is 12.3. The molecule has 0 saturated heterocycles. The molecule has 0 aliphatic carbocycles. The number of hydrogen-bond acceptors (Lipinski definition) is 8. The second-order valence-electron chi connectivity index (χ2n) is 7.50. The second kappa shape index (κ2) is 8.41. The molecule has 5 rings (SSSR count). The van der Waals surface area contributed by atoms with Gasteiger partial charge in [0, 0.05) is 36.2 Å². The standard InChI is InChI=1S/C22H17FN4O4S2/c23-16-3-1-14(2-4-16)9-17-11-21(31-25-17)27-12-15-10-18(5-6-19(15)20(28)13-27)33(29,30)26-22-24-7-8-32-22/h1-8,10-11H,9,12-13H2,(H,24,26). The van der Waals surface area contributed by atoms with Gasteiger partial charge in [0.2, 0.25) is 5.88 Å². The van der Waals surface area contributed by atoms with Crippen molar-refractivity contribution in [2.75, 3.05) is 16.2 Å². The first kappa shape index (κ1) is 21.3. The number of rotatable bonds is 6. The van der Waals surface area contributed by atoms with Crippen molar-refractivity contribution in [3.8, 4) is 0 Å². The third kappa shape index (κ3) is 4.50. The minimum atomic E-state index is -3.84. The van der Waals surface area contributed by atoms with Gasteiger partial charge in [-0.2, -0.15) is 0 Å². The molecule has 0 saturated carbocycles. The zero-order valence-electron chi connectivity index (χ0n) is 17.1. The Balaban J connectivity index is 1.37. The molecule has 168 valence electrons. The van der Waals surface area contributed by atoms with Crippen molar-refractivity contribution in [2.45, 2.75) is 17.9 Å². The highest BCUT2D eigenvalue weighted by molar-refractivity contribution is 7.93. The molecule has 3 heterocycles. The molecule has 8 nitrogen and oxygen atoms in total. The largest absolute Gasteiger partial charge is 0.338 e. The molecule has 0 radical (unpaired) electrons. The summed E-state index contributed by atoms with van der Waals surface area (Å²) in [5.41, 5.74) is 2.56. The maximum Gasteiger partial charge on any atom is 0.263 e. The highest BCUT2D eigenvalue weighted by atomic mass is 32.2. The summed E-state index contributed by atoms with van der Waals surface area (Å²) in [6.45, 7) is 0.370. The molecule has 0 bridgehead atoms. The Hall–Kier alpha value is -3.57. The number of ketones is 1. The molecule has 11 heteroatoms. The van der Waals surface area contributed by atoms with Crippen LogP contribution < -0.4 is 9.62 Å². The summed E-state index contributed by atoms with van der Waals surface area (Å²) in [4.78, 5) is 18.4. The third-order valence-electron chi connectivity index (χ3n) is 5.19. The summed E-state index contributed by atoms with van der Waals surface area (Å²) in [5, 5.41) is 5.99. The zero-order valence-corrected chi connectivity index (χ0v) is 18.7. The van der Waals surface area contributed by atoms with Gasteiger partial charge in [0.1, 0.15) is 5.82 Å². The Morgan fingerprint density at radius 2 is 1.94 bits per heavy atom. The zero-order chi connectivity index (χ0) is 23.0. The number of fused-ring (bicyclic) bond motifs is 1. The van der Waals surface area contributed by atoms with Gasteiger partial charge in [-0.3, -0.25) is 9.52 Å². The van der Waals surface area contributed by atoms with E-state index in [0.717, 1.165) is 5.56 Å². The van der Waals surface area contributed by atoms with Gasteiger partial charge in [-0.15, -0.1) is 11.3 Å². The Bertz CT molecular complexity index is 1420. The Morgan fingerprint density at radius 1 is 1.12 bits per heavy atom. The van der Waals surface area contributed by atoms with Crippen molar-refractivity contribution in [1.82, 2.24) is 10.1 Å². The molecule has 0 atom stereocenters. The molecular formula is C22H17FN4O4S2. The van der Waals surface area contributed by atoms with Crippen LogP contribution in [-0.2, 0) is 23.0 Å². The second-order valence-corrected chi connectivity index (χ2v) is 10.1. The van der Waals surface area contributed by atoms with Crippen molar-refractivity contribution in [3.05, 3.63) is 88.3 Å². The van der Waals surface area contributed by atoms with E-state index in [1.807, 2.05) is 0 Å². The first-order valence-electron chi connectivity index (χ1n) is 9.91. The highest BCUT2D eigenvalue weighted by Crippen LogP contribution is 2.28. The van der Waals surface area contributed by atoms with Crippen LogP contribution in [0.5, 0.6) is 0 Å². The van der Waals surface area contributed by atoms with E-state index in [4.69, 9.17) is 4.52 Å². The number of Topliss-reactive ketones (excluding diaryl/α,β-unsaturated/α-hetero) is 1. The molecule has 2 aromatic carbocycles. The Morgan fingerprint density at radius 3 is 2.70 bits per heavy atom. The van der Waals surface area contributed by atoms with Gasteiger partial charge in [-0.1, -0.05) is 17.3 Å². The summed E-state index contributed by atoms with van der Waals surface area (Å²) in [6.07, 6.45) is 1.96. The Labute approximate surface area is 192 Å². The van der Waals surface area contributed by atoms with Gasteiger partial charge in [0.25, 0.3) is 10.0 Å². The van der Waals surface area contributed by atoms with E-state index in [0.29, 0.717) is 29.1 Å².